The molecule has 1 aromatic heterocycles. The van der Waals surface area contributed by atoms with Gasteiger partial charge in [0.05, 0.1) is 31.6 Å². The molecule has 0 saturated carbocycles. The van der Waals surface area contributed by atoms with Crippen LogP contribution in [0.2, 0.25) is 5.02 Å². The van der Waals surface area contributed by atoms with Crippen molar-refractivity contribution >= 4 is 23.6 Å². The van der Waals surface area contributed by atoms with Gasteiger partial charge in [-0.25, -0.2) is 14.9 Å². The van der Waals surface area contributed by atoms with Gasteiger partial charge in [-0.3, -0.25) is 14.7 Å². The van der Waals surface area contributed by atoms with Gasteiger partial charge in [0.2, 0.25) is 5.91 Å². The van der Waals surface area contributed by atoms with E-state index < -0.39 is 6.67 Å². The van der Waals surface area contributed by atoms with E-state index in [9.17, 15) is 9.18 Å². The summed E-state index contributed by atoms with van der Waals surface area (Å²) in [5.74, 6) is 0.591. The number of amides is 1. The predicted octanol–water partition coefficient (Wildman–Crippen LogP) is 3.73. The molecule has 0 aliphatic carbocycles. The number of piperazine rings is 1. The molecule has 206 valence electrons. The maximum atomic E-state index is 13.0. The van der Waals surface area contributed by atoms with E-state index in [0.717, 1.165) is 29.9 Å². The molecule has 0 radical (unpaired) electrons. The zero-order chi connectivity index (χ0) is 27.3. The van der Waals surface area contributed by atoms with Crippen molar-refractivity contribution in [2.75, 3.05) is 53.2 Å². The summed E-state index contributed by atoms with van der Waals surface area (Å²) in [4.78, 5) is 21.6. The molecule has 2 N–H and O–H groups in total. The van der Waals surface area contributed by atoms with Crippen LogP contribution in [0.1, 0.15) is 23.7 Å². The van der Waals surface area contributed by atoms with Crippen molar-refractivity contribution in [3.8, 4) is 5.75 Å². The largest absolute Gasteiger partial charge is 0.490 e. The minimum absolute atomic E-state index is 0.0411. The maximum absolute atomic E-state index is 13.0. The molecule has 2 aromatic rings. The summed E-state index contributed by atoms with van der Waals surface area (Å²) in [5.41, 5.74) is 12.7. The van der Waals surface area contributed by atoms with E-state index in [2.05, 4.69) is 20.5 Å². The third-order valence-corrected chi connectivity index (χ3v) is 6.34. The smallest absolute Gasteiger partial charge is 0.246 e. The fourth-order valence-corrected chi connectivity index (χ4v) is 4.35. The van der Waals surface area contributed by atoms with Crippen LogP contribution in [0.15, 0.2) is 47.8 Å². The highest BCUT2D eigenvalue weighted by Gasteiger charge is 2.26. The molecule has 1 amide bonds. The number of nitrogens with one attached hydrogen (secondary N) is 2. The lowest BCUT2D eigenvalue weighted by molar-refractivity contribution is -0.130. The first-order valence-electron chi connectivity index (χ1n) is 12.5. The highest BCUT2D eigenvalue weighted by Crippen LogP contribution is 2.20. The molecule has 1 fully saturated rings. The second-order valence-electron chi connectivity index (χ2n) is 8.81. The molecule has 1 atom stereocenters. The molecular formula is C26H35ClFN7O3. The Kier molecular flexibility index (Phi) is 11.9. The van der Waals surface area contributed by atoms with Crippen LogP contribution < -0.4 is 10.2 Å². The SMILES string of the molecule is CNN(Cc1cc(Cl)ccc1/C=C/C(=O)N1CCN(Cc2ccc(OCCOCCF)cn2)C[C@H]1C)N=N. The van der Waals surface area contributed by atoms with Gasteiger partial charge >= 0.3 is 0 Å². The van der Waals surface area contributed by atoms with Crippen LogP contribution in [-0.4, -0.2) is 85.0 Å². The van der Waals surface area contributed by atoms with E-state index in [1.807, 2.05) is 30.0 Å². The molecule has 1 aliphatic heterocycles. The first-order valence-corrected chi connectivity index (χ1v) is 12.8. The Morgan fingerprint density at radius 3 is 2.84 bits per heavy atom. The van der Waals surface area contributed by atoms with Gasteiger partial charge in [0.15, 0.2) is 0 Å². The first-order chi connectivity index (χ1) is 18.4. The number of benzene rings is 1. The number of carbonyl (C=O) groups is 1. The number of aromatic nitrogens is 1. The third-order valence-electron chi connectivity index (χ3n) is 6.11. The van der Waals surface area contributed by atoms with Crippen LogP contribution >= 0.6 is 11.6 Å². The Hall–Kier alpha value is -3.12. The normalized spacial score (nSPS) is 16.1. The Bertz CT molecular complexity index is 1070. The molecule has 12 heteroatoms. The molecule has 1 aromatic carbocycles. The predicted molar refractivity (Wildman–Crippen MR) is 143 cm³/mol. The minimum Gasteiger partial charge on any atom is -0.490 e. The van der Waals surface area contributed by atoms with Gasteiger partial charge in [0.25, 0.3) is 0 Å². The first kappa shape index (κ1) is 29.4. The number of nitrogens with zero attached hydrogens (tertiary/aromatic N) is 5. The van der Waals surface area contributed by atoms with Crippen LogP contribution in [0.3, 0.4) is 0 Å². The fraction of sp³-hybridized carbons (Fsp3) is 0.462. The lowest BCUT2D eigenvalue weighted by Crippen LogP contribution is -2.53. The van der Waals surface area contributed by atoms with E-state index in [1.165, 1.54) is 5.12 Å². The molecule has 2 heterocycles. The van der Waals surface area contributed by atoms with Crippen molar-refractivity contribution in [2.45, 2.75) is 26.1 Å². The summed E-state index contributed by atoms with van der Waals surface area (Å²) in [6.07, 6.45) is 5.05. The van der Waals surface area contributed by atoms with Crippen molar-refractivity contribution in [2.24, 2.45) is 5.22 Å². The third kappa shape index (κ3) is 9.02. The summed E-state index contributed by atoms with van der Waals surface area (Å²) in [6.45, 7) is 5.40. The van der Waals surface area contributed by atoms with E-state index >= 15 is 0 Å². The van der Waals surface area contributed by atoms with Gasteiger partial charge in [-0.2, -0.15) is 5.53 Å². The Balaban J connectivity index is 1.51. The second kappa shape index (κ2) is 15.3. The number of halogens is 2. The van der Waals surface area contributed by atoms with Crippen molar-refractivity contribution in [3.63, 3.8) is 0 Å². The van der Waals surface area contributed by atoms with Crippen LogP contribution in [0.25, 0.3) is 6.08 Å². The minimum atomic E-state index is -0.501. The number of hydrogen-bond donors (Lipinski definition) is 2. The summed E-state index contributed by atoms with van der Waals surface area (Å²) < 4.78 is 22.6. The van der Waals surface area contributed by atoms with Crippen LogP contribution in [0.5, 0.6) is 5.75 Å². The van der Waals surface area contributed by atoms with Crippen LogP contribution in [0.4, 0.5) is 4.39 Å². The summed E-state index contributed by atoms with van der Waals surface area (Å²) in [7, 11) is 1.68. The molecule has 0 spiro atoms. The number of alkyl halides is 1. The number of hydrogen-bond acceptors (Lipinski definition) is 8. The Morgan fingerprint density at radius 2 is 2.16 bits per heavy atom. The molecular weight excluding hydrogens is 513 g/mol. The fourth-order valence-electron chi connectivity index (χ4n) is 4.15. The number of rotatable bonds is 14. The second-order valence-corrected chi connectivity index (χ2v) is 9.24. The van der Waals surface area contributed by atoms with Crippen molar-refractivity contribution < 1.29 is 18.7 Å². The van der Waals surface area contributed by atoms with Gasteiger partial charge in [-0.1, -0.05) is 22.9 Å². The summed E-state index contributed by atoms with van der Waals surface area (Å²) in [5, 5.41) is 5.36. The summed E-state index contributed by atoms with van der Waals surface area (Å²) in [6, 6.07) is 9.26. The van der Waals surface area contributed by atoms with Crippen molar-refractivity contribution in [1.29, 1.82) is 5.53 Å². The molecule has 3 rings (SSSR count). The zero-order valence-corrected chi connectivity index (χ0v) is 22.5. The van der Waals surface area contributed by atoms with Crippen molar-refractivity contribution in [3.05, 3.63) is 64.4 Å². The number of ether oxygens (including phenoxy) is 2. The highest BCUT2D eigenvalue weighted by atomic mass is 35.5. The number of pyridine rings is 1. The van der Waals surface area contributed by atoms with Gasteiger partial charge in [0, 0.05) is 50.4 Å². The van der Waals surface area contributed by atoms with E-state index in [0.29, 0.717) is 43.6 Å². The number of carbonyl (C=O) groups excluding carboxylic acids is 1. The monoisotopic (exact) mass is 547 g/mol. The van der Waals surface area contributed by atoms with Gasteiger partial charge < -0.3 is 14.4 Å². The Labute approximate surface area is 227 Å². The van der Waals surface area contributed by atoms with Crippen LogP contribution in [0, 0.1) is 5.53 Å². The highest BCUT2D eigenvalue weighted by molar-refractivity contribution is 6.30. The standard InChI is InChI=1S/C26H35ClFN7O3/c1-20-17-33(19-24-6-7-25(16-31-24)38-14-13-37-12-9-28)10-11-34(20)26(36)8-4-21-3-5-23(27)15-22(21)18-35(30-2)32-29/h3-8,15-16,20,29-30H,9-14,17-19H2,1-2H3/b8-4+,32-29?/t20-/m1/s1. The Morgan fingerprint density at radius 1 is 1.32 bits per heavy atom. The van der Waals surface area contributed by atoms with Gasteiger partial charge in [-0.15, -0.1) is 0 Å². The lowest BCUT2D eigenvalue weighted by atomic mass is 10.1. The summed E-state index contributed by atoms with van der Waals surface area (Å²) >= 11 is 6.16. The van der Waals surface area contributed by atoms with Gasteiger partial charge in [0.1, 0.15) is 19.0 Å². The average molecular weight is 548 g/mol. The van der Waals surface area contributed by atoms with Crippen molar-refractivity contribution in [1.82, 2.24) is 25.3 Å². The zero-order valence-electron chi connectivity index (χ0n) is 21.8. The van der Waals surface area contributed by atoms with E-state index in [-0.39, 0.29) is 18.6 Å². The molecule has 0 unspecified atom stereocenters. The molecule has 10 nitrogen and oxygen atoms in total. The lowest BCUT2D eigenvalue weighted by Gasteiger charge is -2.39. The quantitative estimate of drug-likeness (QED) is 0.161. The van der Waals surface area contributed by atoms with Crippen LogP contribution in [-0.2, 0) is 22.6 Å². The maximum Gasteiger partial charge on any atom is 0.246 e. The van der Waals surface area contributed by atoms with Gasteiger partial charge in [-0.05, 0) is 48.4 Å². The average Bonchev–Trinajstić information content (AvgIpc) is 2.92. The van der Waals surface area contributed by atoms with E-state index in [1.54, 1.807) is 37.5 Å². The molecule has 0 bridgehead atoms. The topological polar surface area (TPSA) is 106 Å². The molecule has 38 heavy (non-hydrogen) atoms. The molecule has 1 aliphatic rings. The molecule has 1 saturated heterocycles. The van der Waals surface area contributed by atoms with E-state index in [4.69, 9.17) is 26.6 Å². The number of hydrazine groups is 1.